The summed E-state index contributed by atoms with van der Waals surface area (Å²) >= 11 is 4.21. The van der Waals surface area contributed by atoms with Crippen molar-refractivity contribution in [2.45, 2.75) is 13.3 Å². The molecule has 60 valence electrons. The lowest BCUT2D eigenvalue weighted by molar-refractivity contribution is 0.326. The van der Waals surface area contributed by atoms with Gasteiger partial charge in [-0.2, -0.15) is 8.42 Å². The van der Waals surface area contributed by atoms with Crippen LogP contribution in [0, 0.1) is 0 Å². The predicted molar refractivity (Wildman–Crippen MR) is 41.9 cm³/mol. The molecule has 0 aromatic heterocycles. The molecule has 0 atom stereocenters. The quantitative estimate of drug-likeness (QED) is 0.492. The summed E-state index contributed by atoms with van der Waals surface area (Å²) in [7, 11) is -3.75. The van der Waals surface area contributed by atoms with E-state index in [9.17, 15) is 8.42 Å². The zero-order valence-corrected chi connectivity index (χ0v) is 7.17. The molecule has 0 unspecified atom stereocenters. The Bertz CT molecular complexity index is 209. The smallest absolute Gasteiger partial charge is 0.322 e. The van der Waals surface area contributed by atoms with E-state index >= 15 is 0 Å². The normalized spacial score (nSPS) is 11.3. The van der Waals surface area contributed by atoms with Gasteiger partial charge >= 0.3 is 10.1 Å². The first-order chi connectivity index (χ1) is 4.50. The van der Waals surface area contributed by atoms with Crippen LogP contribution < -0.4 is 5.73 Å². The van der Waals surface area contributed by atoms with Crippen molar-refractivity contribution in [3.63, 3.8) is 0 Å². The van der Waals surface area contributed by atoms with Crippen molar-refractivity contribution < 1.29 is 12.6 Å². The van der Waals surface area contributed by atoms with Gasteiger partial charge in [0.2, 0.25) is 4.32 Å². The molecule has 0 aliphatic carbocycles. The molecular weight excluding hydrogens is 174 g/mol. The highest BCUT2D eigenvalue weighted by Gasteiger charge is 2.13. The molecule has 0 saturated heterocycles. The summed E-state index contributed by atoms with van der Waals surface area (Å²) in [5.74, 6) is 0. The fourth-order valence-corrected chi connectivity index (χ4v) is 0.898. The standard InChI is InChI=1S/C4H9NO3S2/c1-2-3-8-10(6,7)4(5)9/h2-3H2,1H3,(H2,5,9). The first-order valence-electron chi connectivity index (χ1n) is 2.69. The maximum absolute atomic E-state index is 10.6. The minimum atomic E-state index is -3.75. The molecule has 0 radical (unpaired) electrons. The lowest BCUT2D eigenvalue weighted by Crippen LogP contribution is -2.23. The van der Waals surface area contributed by atoms with Crippen LogP contribution in [-0.4, -0.2) is 19.3 Å². The third kappa shape index (κ3) is 3.09. The number of hydrogen-bond donors (Lipinski definition) is 1. The monoisotopic (exact) mass is 183 g/mol. The molecule has 0 aromatic carbocycles. The highest BCUT2D eigenvalue weighted by Crippen LogP contribution is 1.93. The van der Waals surface area contributed by atoms with Gasteiger partial charge in [-0.25, -0.2) is 0 Å². The summed E-state index contributed by atoms with van der Waals surface area (Å²) in [5, 5.41) is 0. The minimum absolute atomic E-state index is 0.125. The van der Waals surface area contributed by atoms with Crippen LogP contribution in [-0.2, 0) is 14.3 Å². The number of rotatable bonds is 3. The molecule has 0 amide bonds. The average molecular weight is 183 g/mol. The van der Waals surface area contributed by atoms with Gasteiger partial charge in [-0.15, -0.1) is 0 Å². The number of thiocarbonyl (C=S) groups is 1. The van der Waals surface area contributed by atoms with Crippen LogP contribution in [0.4, 0.5) is 0 Å². The van der Waals surface area contributed by atoms with Gasteiger partial charge < -0.3 is 5.73 Å². The fourth-order valence-electron chi connectivity index (χ4n) is 0.251. The third-order valence-electron chi connectivity index (χ3n) is 0.689. The molecule has 0 spiro atoms. The Kier molecular flexibility index (Phi) is 3.77. The largest absolute Gasteiger partial charge is 0.379 e. The van der Waals surface area contributed by atoms with E-state index in [1.54, 1.807) is 6.92 Å². The SMILES string of the molecule is CCCOS(=O)(=O)C(N)=S. The Morgan fingerprint density at radius 3 is 2.50 bits per heavy atom. The summed E-state index contributed by atoms with van der Waals surface area (Å²) in [4.78, 5) is 0. The van der Waals surface area contributed by atoms with E-state index in [0.717, 1.165) is 0 Å². The first-order valence-corrected chi connectivity index (χ1v) is 4.51. The molecule has 0 aliphatic rings. The van der Waals surface area contributed by atoms with Crippen LogP contribution in [0.3, 0.4) is 0 Å². The predicted octanol–water partition coefficient (Wildman–Crippen LogP) is -0.0136. The summed E-state index contributed by atoms with van der Waals surface area (Å²) < 4.78 is 24.9. The first kappa shape index (κ1) is 9.80. The van der Waals surface area contributed by atoms with Crippen LogP contribution >= 0.6 is 12.2 Å². The van der Waals surface area contributed by atoms with Crippen molar-refractivity contribution in [3.05, 3.63) is 0 Å². The second-order valence-electron chi connectivity index (χ2n) is 1.60. The molecule has 0 heterocycles. The van der Waals surface area contributed by atoms with Gasteiger partial charge in [0.25, 0.3) is 0 Å². The second-order valence-corrected chi connectivity index (χ2v) is 3.88. The van der Waals surface area contributed by atoms with E-state index in [1.165, 1.54) is 0 Å². The molecule has 0 rings (SSSR count). The Morgan fingerprint density at radius 1 is 1.70 bits per heavy atom. The molecular formula is C4H9NO3S2. The van der Waals surface area contributed by atoms with Crippen molar-refractivity contribution in [1.29, 1.82) is 0 Å². The number of nitrogens with two attached hydrogens (primary N) is 1. The van der Waals surface area contributed by atoms with E-state index in [2.05, 4.69) is 16.4 Å². The molecule has 0 saturated carbocycles. The van der Waals surface area contributed by atoms with Crippen molar-refractivity contribution >= 4 is 26.7 Å². The van der Waals surface area contributed by atoms with Crippen molar-refractivity contribution in [2.75, 3.05) is 6.61 Å². The Balaban J connectivity index is 4.03. The molecule has 0 aliphatic heterocycles. The zero-order valence-electron chi connectivity index (χ0n) is 5.53. The van der Waals surface area contributed by atoms with E-state index < -0.39 is 14.4 Å². The van der Waals surface area contributed by atoms with Crippen LogP contribution in [0.2, 0.25) is 0 Å². The van der Waals surface area contributed by atoms with Gasteiger partial charge in [-0.3, -0.25) is 4.18 Å². The van der Waals surface area contributed by atoms with Crippen LogP contribution in [0.5, 0.6) is 0 Å². The highest BCUT2D eigenvalue weighted by atomic mass is 32.2. The molecule has 0 fully saturated rings. The lowest BCUT2D eigenvalue weighted by Gasteiger charge is -1.99. The zero-order chi connectivity index (χ0) is 8.20. The van der Waals surface area contributed by atoms with E-state index in [0.29, 0.717) is 6.42 Å². The molecule has 0 bridgehead atoms. The van der Waals surface area contributed by atoms with Gasteiger partial charge in [0.1, 0.15) is 0 Å². The third-order valence-corrected chi connectivity index (χ3v) is 2.27. The lowest BCUT2D eigenvalue weighted by atomic mass is 10.5. The maximum Gasteiger partial charge on any atom is 0.322 e. The van der Waals surface area contributed by atoms with Gasteiger partial charge in [-0.05, 0) is 18.6 Å². The Hall–Kier alpha value is -0.200. The maximum atomic E-state index is 10.6. The molecule has 10 heavy (non-hydrogen) atoms. The molecule has 2 N–H and O–H groups in total. The minimum Gasteiger partial charge on any atom is -0.379 e. The topological polar surface area (TPSA) is 69.4 Å². The Labute approximate surface area is 65.5 Å². The second kappa shape index (κ2) is 3.85. The summed E-state index contributed by atoms with van der Waals surface area (Å²) in [6, 6.07) is 0. The van der Waals surface area contributed by atoms with Crippen molar-refractivity contribution in [3.8, 4) is 0 Å². The van der Waals surface area contributed by atoms with Gasteiger partial charge in [0.05, 0.1) is 6.61 Å². The van der Waals surface area contributed by atoms with E-state index in [-0.39, 0.29) is 6.61 Å². The summed E-state index contributed by atoms with van der Waals surface area (Å²) in [5.41, 5.74) is 4.83. The molecule has 6 heteroatoms. The van der Waals surface area contributed by atoms with Crippen LogP contribution in [0.25, 0.3) is 0 Å². The highest BCUT2D eigenvalue weighted by molar-refractivity contribution is 8.14. The van der Waals surface area contributed by atoms with Gasteiger partial charge in [-0.1, -0.05) is 6.92 Å². The summed E-state index contributed by atoms with van der Waals surface area (Å²) in [6.45, 7) is 1.91. The Morgan fingerprint density at radius 2 is 2.20 bits per heavy atom. The van der Waals surface area contributed by atoms with Crippen LogP contribution in [0.15, 0.2) is 0 Å². The van der Waals surface area contributed by atoms with Gasteiger partial charge in [0.15, 0.2) is 0 Å². The fraction of sp³-hybridized carbons (Fsp3) is 0.750. The average Bonchev–Trinajstić information content (AvgIpc) is 1.84. The number of hydrogen-bond acceptors (Lipinski definition) is 4. The van der Waals surface area contributed by atoms with E-state index in [1.807, 2.05) is 0 Å². The van der Waals surface area contributed by atoms with Gasteiger partial charge in [0, 0.05) is 0 Å². The van der Waals surface area contributed by atoms with E-state index in [4.69, 9.17) is 5.73 Å². The molecule has 4 nitrogen and oxygen atoms in total. The summed E-state index contributed by atoms with van der Waals surface area (Å²) in [6.07, 6.45) is 0.613. The molecule has 0 aromatic rings. The van der Waals surface area contributed by atoms with Crippen molar-refractivity contribution in [2.24, 2.45) is 5.73 Å². The van der Waals surface area contributed by atoms with Crippen LogP contribution in [0.1, 0.15) is 13.3 Å². The van der Waals surface area contributed by atoms with Crippen molar-refractivity contribution in [1.82, 2.24) is 0 Å².